The fourth-order valence-corrected chi connectivity index (χ4v) is 3.70. The number of benzene rings is 2. The molecule has 0 aliphatic rings. The van der Waals surface area contributed by atoms with Crippen molar-refractivity contribution in [2.75, 3.05) is 12.4 Å². The summed E-state index contributed by atoms with van der Waals surface area (Å²) < 4.78 is 26.4. The Morgan fingerprint density at radius 3 is 2.33 bits per heavy atom. The third-order valence-electron chi connectivity index (χ3n) is 3.99. The molecule has 0 unspecified atom stereocenters. The molecule has 138 valence electrons. The molecule has 0 saturated carbocycles. The molecule has 0 aliphatic carbocycles. The Bertz CT molecular complexity index is 1010. The summed E-state index contributed by atoms with van der Waals surface area (Å²) in [4.78, 5) is 16.4. The van der Waals surface area contributed by atoms with E-state index in [4.69, 9.17) is 0 Å². The van der Waals surface area contributed by atoms with Crippen molar-refractivity contribution < 1.29 is 13.2 Å². The zero-order valence-corrected chi connectivity index (χ0v) is 15.6. The van der Waals surface area contributed by atoms with E-state index < -0.39 is 10.0 Å². The first-order valence-electron chi connectivity index (χ1n) is 8.28. The first kappa shape index (κ1) is 18.8. The predicted molar refractivity (Wildman–Crippen MR) is 104 cm³/mol. The Kier molecular flexibility index (Phi) is 5.63. The van der Waals surface area contributed by atoms with Crippen molar-refractivity contribution in [1.82, 2.24) is 9.29 Å². The number of hydrogen-bond donors (Lipinski definition) is 1. The Morgan fingerprint density at radius 1 is 1.00 bits per heavy atom. The summed E-state index contributed by atoms with van der Waals surface area (Å²) in [5.74, 6) is -0.250. The number of carbonyl (C=O) groups is 1. The lowest BCUT2D eigenvalue weighted by Gasteiger charge is -2.17. The topological polar surface area (TPSA) is 79.4 Å². The first-order valence-corrected chi connectivity index (χ1v) is 9.72. The molecule has 3 aromatic rings. The maximum atomic E-state index is 12.6. The highest BCUT2D eigenvalue weighted by atomic mass is 32.2. The van der Waals surface area contributed by atoms with Crippen LogP contribution in [0.3, 0.4) is 0 Å². The number of carbonyl (C=O) groups excluding carboxylic acids is 1. The summed E-state index contributed by atoms with van der Waals surface area (Å²) in [7, 11) is -2.02. The molecule has 0 aliphatic heterocycles. The van der Waals surface area contributed by atoms with E-state index >= 15 is 0 Å². The number of nitrogens with zero attached hydrogens (tertiary/aromatic N) is 2. The Morgan fingerprint density at radius 2 is 1.70 bits per heavy atom. The number of hydrogen-bond acceptors (Lipinski definition) is 4. The van der Waals surface area contributed by atoms with Gasteiger partial charge >= 0.3 is 0 Å². The van der Waals surface area contributed by atoms with Crippen LogP contribution in [0.15, 0.2) is 84.0 Å². The van der Waals surface area contributed by atoms with Gasteiger partial charge in [-0.25, -0.2) is 8.42 Å². The van der Waals surface area contributed by atoms with Crippen LogP contribution in [-0.2, 0) is 16.6 Å². The Balaban J connectivity index is 1.68. The monoisotopic (exact) mass is 381 g/mol. The largest absolute Gasteiger partial charge is 0.321 e. The van der Waals surface area contributed by atoms with Gasteiger partial charge in [0, 0.05) is 25.4 Å². The second kappa shape index (κ2) is 8.11. The van der Waals surface area contributed by atoms with Crippen LogP contribution in [0, 0.1) is 0 Å². The zero-order valence-electron chi connectivity index (χ0n) is 14.7. The van der Waals surface area contributed by atoms with Crippen LogP contribution < -0.4 is 5.32 Å². The van der Waals surface area contributed by atoms with Gasteiger partial charge in [0.2, 0.25) is 10.0 Å². The molecular weight excluding hydrogens is 362 g/mol. The molecule has 0 fully saturated rings. The molecule has 1 amide bonds. The highest BCUT2D eigenvalue weighted by Gasteiger charge is 2.20. The summed E-state index contributed by atoms with van der Waals surface area (Å²) in [6.07, 6.45) is 3.19. The van der Waals surface area contributed by atoms with E-state index in [1.54, 1.807) is 79.1 Å². The molecule has 7 heteroatoms. The highest BCUT2D eigenvalue weighted by molar-refractivity contribution is 7.89. The molecule has 3 rings (SSSR count). The van der Waals surface area contributed by atoms with Gasteiger partial charge in [-0.15, -0.1) is 0 Å². The van der Waals surface area contributed by atoms with E-state index in [9.17, 15) is 13.2 Å². The second-order valence-electron chi connectivity index (χ2n) is 5.97. The van der Waals surface area contributed by atoms with Crippen LogP contribution in [0.5, 0.6) is 0 Å². The van der Waals surface area contributed by atoms with Gasteiger partial charge in [0.05, 0.1) is 16.8 Å². The maximum Gasteiger partial charge on any atom is 0.255 e. The third kappa shape index (κ3) is 4.58. The molecule has 0 saturated heterocycles. The van der Waals surface area contributed by atoms with Gasteiger partial charge < -0.3 is 5.32 Å². The number of anilines is 1. The van der Waals surface area contributed by atoms with E-state index in [1.807, 2.05) is 0 Å². The minimum Gasteiger partial charge on any atom is -0.321 e. The van der Waals surface area contributed by atoms with Gasteiger partial charge in [-0.05, 0) is 42.0 Å². The summed E-state index contributed by atoms with van der Waals surface area (Å²) in [6.45, 7) is 0.210. The molecule has 1 aromatic heterocycles. The quantitative estimate of drug-likeness (QED) is 0.711. The predicted octanol–water partition coefficient (Wildman–Crippen LogP) is 3.15. The molecule has 1 N–H and O–H groups in total. The van der Waals surface area contributed by atoms with Crippen LogP contribution in [0.25, 0.3) is 0 Å². The molecule has 6 nitrogen and oxygen atoms in total. The van der Waals surface area contributed by atoms with Crippen molar-refractivity contribution in [3.8, 4) is 0 Å². The molecule has 0 spiro atoms. The van der Waals surface area contributed by atoms with Crippen molar-refractivity contribution >= 4 is 21.6 Å². The number of nitrogens with one attached hydrogen (secondary N) is 1. The second-order valence-corrected chi connectivity index (χ2v) is 8.01. The Labute approximate surface area is 158 Å². The lowest BCUT2D eigenvalue weighted by atomic mass is 10.1. The van der Waals surface area contributed by atoms with Crippen molar-refractivity contribution in [2.24, 2.45) is 0 Å². The minimum absolute atomic E-state index is 0.210. The number of pyridine rings is 1. The van der Waals surface area contributed by atoms with Crippen molar-refractivity contribution in [2.45, 2.75) is 11.4 Å². The van der Waals surface area contributed by atoms with Gasteiger partial charge in [0.25, 0.3) is 5.91 Å². The van der Waals surface area contributed by atoms with Crippen LogP contribution in [0.1, 0.15) is 15.9 Å². The molecule has 1 heterocycles. The number of sulfonamides is 1. The van der Waals surface area contributed by atoms with Gasteiger partial charge in [-0.1, -0.05) is 30.3 Å². The molecule has 2 aromatic carbocycles. The molecular formula is C20H19N3O3S. The summed E-state index contributed by atoms with van der Waals surface area (Å²) >= 11 is 0. The van der Waals surface area contributed by atoms with Crippen LogP contribution in [0.4, 0.5) is 5.69 Å². The lowest BCUT2D eigenvalue weighted by Crippen LogP contribution is -2.26. The van der Waals surface area contributed by atoms with E-state index in [2.05, 4.69) is 10.3 Å². The lowest BCUT2D eigenvalue weighted by molar-refractivity contribution is 0.102. The van der Waals surface area contributed by atoms with Crippen molar-refractivity contribution in [3.05, 3.63) is 90.3 Å². The molecule has 0 bridgehead atoms. The standard InChI is InChI=1S/C20H19N3O3S/c1-23(27(25,26)19-7-3-2-4-8-19)15-16-9-11-17(12-10-16)20(24)22-18-6-5-13-21-14-18/h2-14H,15H2,1H3,(H,22,24). The molecule has 0 atom stereocenters. The van der Waals surface area contributed by atoms with Crippen LogP contribution >= 0.6 is 0 Å². The Hall–Kier alpha value is -3.03. The van der Waals surface area contributed by atoms with Gasteiger partial charge in [-0.2, -0.15) is 4.31 Å². The first-order chi connectivity index (χ1) is 13.0. The third-order valence-corrected chi connectivity index (χ3v) is 5.81. The van der Waals surface area contributed by atoms with Gasteiger partial charge in [-0.3, -0.25) is 9.78 Å². The maximum absolute atomic E-state index is 12.6. The van der Waals surface area contributed by atoms with Crippen LogP contribution in [-0.4, -0.2) is 30.7 Å². The van der Waals surface area contributed by atoms with E-state index in [-0.39, 0.29) is 17.3 Å². The molecule has 0 radical (unpaired) electrons. The van der Waals surface area contributed by atoms with Crippen LogP contribution in [0.2, 0.25) is 0 Å². The smallest absolute Gasteiger partial charge is 0.255 e. The SMILES string of the molecule is CN(Cc1ccc(C(=O)Nc2cccnc2)cc1)S(=O)(=O)c1ccccc1. The fourth-order valence-electron chi connectivity index (χ4n) is 2.52. The number of aromatic nitrogens is 1. The van der Waals surface area contributed by atoms with E-state index in [0.717, 1.165) is 5.56 Å². The molecule has 27 heavy (non-hydrogen) atoms. The average molecular weight is 381 g/mol. The highest BCUT2D eigenvalue weighted by Crippen LogP contribution is 2.17. The average Bonchev–Trinajstić information content (AvgIpc) is 2.70. The van der Waals surface area contributed by atoms with E-state index in [0.29, 0.717) is 11.3 Å². The zero-order chi connectivity index (χ0) is 19.3. The summed E-state index contributed by atoms with van der Waals surface area (Å²) in [5.41, 5.74) is 1.88. The fraction of sp³-hybridized carbons (Fsp3) is 0.100. The minimum atomic E-state index is -3.56. The summed E-state index contributed by atoms with van der Waals surface area (Å²) in [6, 6.07) is 18.6. The van der Waals surface area contributed by atoms with Gasteiger partial charge in [0.1, 0.15) is 0 Å². The number of amides is 1. The number of rotatable bonds is 6. The van der Waals surface area contributed by atoms with Crippen molar-refractivity contribution in [3.63, 3.8) is 0 Å². The normalized spacial score (nSPS) is 11.3. The van der Waals surface area contributed by atoms with Gasteiger partial charge in [0.15, 0.2) is 0 Å². The van der Waals surface area contributed by atoms with E-state index in [1.165, 1.54) is 11.4 Å². The van der Waals surface area contributed by atoms with Crippen molar-refractivity contribution in [1.29, 1.82) is 0 Å². The summed E-state index contributed by atoms with van der Waals surface area (Å²) in [5, 5.41) is 2.76.